The first-order chi connectivity index (χ1) is 15.7. The van der Waals surface area contributed by atoms with Crippen molar-refractivity contribution >= 4 is 16.9 Å². The highest BCUT2D eigenvalue weighted by Gasteiger charge is 2.20. The van der Waals surface area contributed by atoms with Crippen LogP contribution in [0.5, 0.6) is 0 Å². The van der Waals surface area contributed by atoms with Crippen LogP contribution in [0.25, 0.3) is 28.1 Å². The molecular weight excluding hydrogens is 398 g/mol. The number of rotatable bonds is 6. The largest absolute Gasteiger partial charge is 0.454 e. The SMILES string of the molecule is CC(=O)N(Cc1ccccc1)Cc1cn(-c2ccccc2)nc1-c1cc2ccccc2o1. The van der Waals surface area contributed by atoms with Gasteiger partial charge in [-0.1, -0.05) is 66.7 Å². The van der Waals surface area contributed by atoms with Crippen molar-refractivity contribution in [3.05, 3.63) is 108 Å². The zero-order valence-corrected chi connectivity index (χ0v) is 17.8. The third kappa shape index (κ3) is 4.05. The lowest BCUT2D eigenvalue weighted by atomic mass is 10.1. The predicted octanol–water partition coefficient (Wildman–Crippen LogP) is 5.83. The van der Waals surface area contributed by atoms with Gasteiger partial charge in [-0.05, 0) is 29.8 Å². The van der Waals surface area contributed by atoms with Crippen LogP contribution in [-0.4, -0.2) is 20.6 Å². The molecule has 1 amide bonds. The maximum atomic E-state index is 12.5. The quantitative estimate of drug-likeness (QED) is 0.346. The average Bonchev–Trinajstić information content (AvgIpc) is 3.44. The minimum absolute atomic E-state index is 0.0110. The Kier molecular flexibility index (Phi) is 5.30. The fourth-order valence-electron chi connectivity index (χ4n) is 3.83. The van der Waals surface area contributed by atoms with E-state index < -0.39 is 0 Å². The number of benzene rings is 3. The number of furan rings is 1. The van der Waals surface area contributed by atoms with Crippen LogP contribution in [0.3, 0.4) is 0 Å². The molecule has 2 heterocycles. The summed E-state index contributed by atoms with van der Waals surface area (Å²) in [6.07, 6.45) is 1.98. The monoisotopic (exact) mass is 421 g/mol. The van der Waals surface area contributed by atoms with Crippen molar-refractivity contribution in [2.45, 2.75) is 20.0 Å². The second kappa shape index (κ2) is 8.55. The number of fused-ring (bicyclic) bond motifs is 1. The van der Waals surface area contributed by atoms with E-state index in [2.05, 4.69) is 0 Å². The van der Waals surface area contributed by atoms with E-state index in [9.17, 15) is 4.79 Å². The number of para-hydroxylation sites is 2. The van der Waals surface area contributed by atoms with Gasteiger partial charge in [0.1, 0.15) is 11.3 Å². The Labute approximate surface area is 186 Å². The first-order valence-corrected chi connectivity index (χ1v) is 10.6. The summed E-state index contributed by atoms with van der Waals surface area (Å²) < 4.78 is 7.97. The molecule has 0 N–H and O–H groups in total. The van der Waals surface area contributed by atoms with Gasteiger partial charge in [0.2, 0.25) is 5.91 Å². The molecule has 158 valence electrons. The second-order valence-corrected chi connectivity index (χ2v) is 7.79. The van der Waals surface area contributed by atoms with Crippen molar-refractivity contribution < 1.29 is 9.21 Å². The van der Waals surface area contributed by atoms with Crippen LogP contribution >= 0.6 is 0 Å². The molecule has 0 unspecified atom stereocenters. The lowest BCUT2D eigenvalue weighted by molar-refractivity contribution is -0.130. The van der Waals surface area contributed by atoms with Gasteiger partial charge in [-0.25, -0.2) is 4.68 Å². The van der Waals surface area contributed by atoms with Crippen LogP contribution in [0.15, 0.2) is 102 Å². The molecule has 5 aromatic rings. The minimum atomic E-state index is 0.0110. The smallest absolute Gasteiger partial charge is 0.220 e. The molecule has 0 aliphatic rings. The van der Waals surface area contributed by atoms with E-state index in [1.807, 2.05) is 107 Å². The van der Waals surface area contributed by atoms with E-state index in [1.54, 1.807) is 6.92 Å². The molecule has 5 nitrogen and oxygen atoms in total. The maximum Gasteiger partial charge on any atom is 0.220 e. The summed E-state index contributed by atoms with van der Waals surface area (Å²) in [5, 5.41) is 5.87. The second-order valence-electron chi connectivity index (χ2n) is 7.79. The van der Waals surface area contributed by atoms with Gasteiger partial charge in [-0.2, -0.15) is 5.10 Å². The van der Waals surface area contributed by atoms with Gasteiger partial charge in [0.05, 0.1) is 5.69 Å². The molecule has 5 rings (SSSR count). The highest BCUT2D eigenvalue weighted by molar-refractivity contribution is 5.82. The van der Waals surface area contributed by atoms with E-state index in [0.717, 1.165) is 33.5 Å². The summed E-state index contributed by atoms with van der Waals surface area (Å²) in [6, 6.07) is 29.9. The summed E-state index contributed by atoms with van der Waals surface area (Å²) in [4.78, 5) is 14.3. The number of carbonyl (C=O) groups is 1. The van der Waals surface area contributed by atoms with Gasteiger partial charge in [0.15, 0.2) is 5.76 Å². The Morgan fingerprint density at radius 2 is 1.59 bits per heavy atom. The Bertz CT molecular complexity index is 1320. The van der Waals surface area contributed by atoms with Gasteiger partial charge in [-0.15, -0.1) is 0 Å². The van der Waals surface area contributed by atoms with Crippen LogP contribution in [0.4, 0.5) is 0 Å². The molecule has 32 heavy (non-hydrogen) atoms. The van der Waals surface area contributed by atoms with Gasteiger partial charge >= 0.3 is 0 Å². The van der Waals surface area contributed by atoms with Crippen molar-refractivity contribution in [1.82, 2.24) is 14.7 Å². The highest BCUT2D eigenvalue weighted by Crippen LogP contribution is 2.30. The van der Waals surface area contributed by atoms with Crippen molar-refractivity contribution in [3.63, 3.8) is 0 Å². The molecule has 0 saturated heterocycles. The topological polar surface area (TPSA) is 51.3 Å². The van der Waals surface area contributed by atoms with E-state index >= 15 is 0 Å². The number of hydrogen-bond donors (Lipinski definition) is 0. The zero-order chi connectivity index (χ0) is 21.9. The molecule has 0 atom stereocenters. The number of aromatic nitrogens is 2. The van der Waals surface area contributed by atoms with Crippen LogP contribution in [0, 0.1) is 0 Å². The molecule has 0 aliphatic heterocycles. The molecule has 5 heteroatoms. The Hall–Kier alpha value is -4.12. The van der Waals surface area contributed by atoms with Crippen LogP contribution in [0.1, 0.15) is 18.1 Å². The fourth-order valence-corrected chi connectivity index (χ4v) is 3.83. The summed E-state index contributed by atoms with van der Waals surface area (Å²) in [5.74, 6) is 0.705. The zero-order valence-electron chi connectivity index (χ0n) is 17.8. The number of amides is 1. The minimum Gasteiger partial charge on any atom is -0.454 e. The van der Waals surface area contributed by atoms with Crippen molar-refractivity contribution in [3.8, 4) is 17.1 Å². The Morgan fingerprint density at radius 3 is 2.31 bits per heavy atom. The third-order valence-corrected chi connectivity index (χ3v) is 5.49. The first kappa shape index (κ1) is 19.8. The summed E-state index contributed by atoms with van der Waals surface area (Å²) in [6.45, 7) is 2.57. The number of carbonyl (C=O) groups excluding carboxylic acids is 1. The Balaban J connectivity index is 1.56. The van der Waals surface area contributed by atoms with E-state index in [1.165, 1.54) is 0 Å². The first-order valence-electron chi connectivity index (χ1n) is 10.6. The average molecular weight is 422 g/mol. The third-order valence-electron chi connectivity index (χ3n) is 5.49. The van der Waals surface area contributed by atoms with Crippen molar-refractivity contribution in [1.29, 1.82) is 0 Å². The van der Waals surface area contributed by atoms with Crippen LogP contribution in [-0.2, 0) is 17.9 Å². The molecule has 0 bridgehead atoms. The van der Waals surface area contributed by atoms with E-state index in [0.29, 0.717) is 18.8 Å². The lowest BCUT2D eigenvalue weighted by Gasteiger charge is -2.21. The highest BCUT2D eigenvalue weighted by atomic mass is 16.3. The molecule has 0 fully saturated rings. The van der Waals surface area contributed by atoms with Gasteiger partial charge in [0, 0.05) is 37.2 Å². The van der Waals surface area contributed by atoms with Crippen LogP contribution < -0.4 is 0 Å². The number of hydrogen-bond acceptors (Lipinski definition) is 3. The van der Waals surface area contributed by atoms with Gasteiger partial charge in [-0.3, -0.25) is 4.79 Å². The van der Waals surface area contributed by atoms with Crippen molar-refractivity contribution in [2.75, 3.05) is 0 Å². The lowest BCUT2D eigenvalue weighted by Crippen LogP contribution is -2.27. The predicted molar refractivity (Wildman–Crippen MR) is 125 cm³/mol. The molecule has 0 radical (unpaired) electrons. The molecule has 0 saturated carbocycles. The van der Waals surface area contributed by atoms with Crippen molar-refractivity contribution in [2.24, 2.45) is 0 Å². The molecule has 0 aliphatic carbocycles. The summed E-state index contributed by atoms with van der Waals surface area (Å²) in [5.41, 5.74) is 4.52. The molecule has 0 spiro atoms. The maximum absolute atomic E-state index is 12.5. The summed E-state index contributed by atoms with van der Waals surface area (Å²) in [7, 11) is 0. The number of nitrogens with zero attached hydrogens (tertiary/aromatic N) is 3. The molecule has 2 aromatic heterocycles. The summed E-state index contributed by atoms with van der Waals surface area (Å²) >= 11 is 0. The standard InChI is InChI=1S/C27H23N3O2/c1-20(31)29(17-21-10-4-2-5-11-21)18-23-19-30(24-13-6-3-7-14-24)28-27(23)26-16-22-12-8-9-15-25(22)32-26/h2-16,19H,17-18H2,1H3. The van der Waals surface area contributed by atoms with Gasteiger partial charge < -0.3 is 9.32 Å². The molecule has 3 aromatic carbocycles. The fraction of sp³-hybridized carbons (Fsp3) is 0.111. The normalized spacial score (nSPS) is 11.0. The Morgan fingerprint density at radius 1 is 0.906 bits per heavy atom. The molecular formula is C27H23N3O2. The van der Waals surface area contributed by atoms with Gasteiger partial charge in [0.25, 0.3) is 0 Å². The van der Waals surface area contributed by atoms with E-state index in [-0.39, 0.29) is 5.91 Å². The van der Waals surface area contributed by atoms with Crippen LogP contribution in [0.2, 0.25) is 0 Å². The van der Waals surface area contributed by atoms with E-state index in [4.69, 9.17) is 9.52 Å².